The monoisotopic (exact) mass is 378 g/mol. The molecule has 26 heavy (non-hydrogen) atoms. The van der Waals surface area contributed by atoms with E-state index in [1.165, 1.54) is 44.2 Å². The first kappa shape index (κ1) is 17.7. The first-order chi connectivity index (χ1) is 12.3. The molecule has 0 unspecified atom stereocenters. The summed E-state index contributed by atoms with van der Waals surface area (Å²) in [5.41, 5.74) is 12.7. The Balaban J connectivity index is 2.09. The molecule has 0 fully saturated rings. The van der Waals surface area contributed by atoms with Crippen LogP contribution in [-0.4, -0.2) is 6.71 Å². The number of aryl methyl sites for hydroxylation is 5. The van der Waals surface area contributed by atoms with Crippen LogP contribution in [0.25, 0.3) is 11.1 Å². The summed E-state index contributed by atoms with van der Waals surface area (Å²) in [5, 5.41) is 1.62. The maximum Gasteiger partial charge on any atom is 0.243 e. The highest BCUT2D eigenvalue weighted by molar-refractivity contribution is 6.99. The normalized spacial score (nSPS) is 12.3. The molecule has 0 saturated carbocycles. The van der Waals surface area contributed by atoms with E-state index >= 15 is 0 Å². The Morgan fingerprint density at radius 1 is 0.577 bits per heavy atom. The molecule has 130 valence electrons. The summed E-state index contributed by atoms with van der Waals surface area (Å²) in [4.78, 5) is 0. The summed E-state index contributed by atoms with van der Waals surface area (Å²) in [7, 11) is 0. The van der Waals surface area contributed by atoms with E-state index in [0.717, 1.165) is 21.2 Å². The molecule has 0 saturated heterocycles. The van der Waals surface area contributed by atoms with Gasteiger partial charge in [-0.25, -0.2) is 0 Å². The molecule has 3 heteroatoms. The molecule has 0 amide bonds. The fraction of sp³-hybridized carbons (Fsp3) is 0.217. The van der Waals surface area contributed by atoms with Crippen LogP contribution in [0.15, 0.2) is 36.4 Å². The molecule has 0 aromatic heterocycles. The van der Waals surface area contributed by atoms with Crippen LogP contribution in [0.1, 0.15) is 27.8 Å². The van der Waals surface area contributed by atoms with Crippen LogP contribution in [0.3, 0.4) is 0 Å². The molecule has 0 bridgehead atoms. The van der Waals surface area contributed by atoms with Crippen molar-refractivity contribution in [1.29, 1.82) is 0 Å². The number of hydrogen-bond acceptors (Lipinski definition) is 0. The molecule has 0 radical (unpaired) electrons. The van der Waals surface area contributed by atoms with Gasteiger partial charge in [0.15, 0.2) is 0 Å². The molecule has 0 N–H and O–H groups in total. The number of fused-ring (bicyclic) bond motifs is 3. The minimum absolute atomic E-state index is 0.229. The van der Waals surface area contributed by atoms with E-state index in [1.807, 2.05) is 0 Å². The number of halogens is 2. The maximum absolute atomic E-state index is 6.47. The van der Waals surface area contributed by atoms with Crippen molar-refractivity contribution in [2.45, 2.75) is 34.6 Å². The van der Waals surface area contributed by atoms with Gasteiger partial charge >= 0.3 is 0 Å². The predicted molar refractivity (Wildman–Crippen MR) is 117 cm³/mol. The minimum atomic E-state index is 0.229. The molecule has 1 heterocycles. The third-order valence-electron chi connectivity index (χ3n) is 5.60. The van der Waals surface area contributed by atoms with Crippen LogP contribution in [-0.2, 0) is 0 Å². The topological polar surface area (TPSA) is 0 Å². The smallest absolute Gasteiger partial charge is 0.0840 e. The first-order valence-corrected chi connectivity index (χ1v) is 9.71. The molecule has 1 aliphatic rings. The van der Waals surface area contributed by atoms with Gasteiger partial charge in [-0.05, 0) is 69.0 Å². The lowest BCUT2D eigenvalue weighted by Crippen LogP contribution is -2.51. The molecule has 0 aliphatic carbocycles. The molecule has 0 nitrogen and oxygen atoms in total. The average Bonchev–Trinajstić information content (AvgIpc) is 2.81. The molecular weight excluding hydrogens is 358 g/mol. The molecule has 4 rings (SSSR count). The van der Waals surface area contributed by atoms with Crippen LogP contribution in [0.4, 0.5) is 0 Å². The van der Waals surface area contributed by atoms with Crippen LogP contribution >= 0.6 is 23.2 Å². The highest BCUT2D eigenvalue weighted by atomic mass is 35.5. The van der Waals surface area contributed by atoms with E-state index < -0.39 is 0 Å². The van der Waals surface area contributed by atoms with Crippen LogP contribution < -0.4 is 16.4 Å². The second-order valence-corrected chi connectivity index (χ2v) is 8.44. The van der Waals surface area contributed by atoms with E-state index in [0.29, 0.717) is 0 Å². The second kappa shape index (κ2) is 6.18. The molecular formula is C23H21BCl2. The average molecular weight is 379 g/mol. The Hall–Kier alpha value is -1.70. The van der Waals surface area contributed by atoms with Gasteiger partial charge in [0.1, 0.15) is 0 Å². The molecule has 3 aromatic carbocycles. The third-order valence-corrected chi connectivity index (χ3v) is 6.41. The number of hydrogen-bond donors (Lipinski definition) is 0. The van der Waals surface area contributed by atoms with Crippen molar-refractivity contribution in [3.8, 4) is 11.1 Å². The SMILES string of the molecule is Cc1cc(C)c(B2c3cc(C)c(Cl)cc3-c3cc(Cl)c(C)cc32)c(C)c1. The zero-order valence-electron chi connectivity index (χ0n) is 15.8. The van der Waals surface area contributed by atoms with Crippen molar-refractivity contribution >= 4 is 46.3 Å². The fourth-order valence-corrected chi connectivity index (χ4v) is 4.80. The van der Waals surface area contributed by atoms with Gasteiger partial charge in [-0.3, -0.25) is 0 Å². The number of rotatable bonds is 1. The summed E-state index contributed by atoms with van der Waals surface area (Å²) in [6.45, 7) is 11.0. The maximum atomic E-state index is 6.47. The van der Waals surface area contributed by atoms with Gasteiger partial charge in [-0.1, -0.05) is 80.5 Å². The van der Waals surface area contributed by atoms with E-state index in [4.69, 9.17) is 23.2 Å². The van der Waals surface area contributed by atoms with Crippen LogP contribution in [0.5, 0.6) is 0 Å². The summed E-state index contributed by atoms with van der Waals surface area (Å²) < 4.78 is 0. The highest BCUT2D eigenvalue weighted by Crippen LogP contribution is 2.31. The quantitative estimate of drug-likeness (QED) is 0.407. The Kier molecular flexibility index (Phi) is 4.21. The second-order valence-electron chi connectivity index (χ2n) is 7.62. The Labute approximate surface area is 166 Å². The van der Waals surface area contributed by atoms with Crippen molar-refractivity contribution in [3.05, 3.63) is 74.3 Å². The third kappa shape index (κ3) is 2.61. The van der Waals surface area contributed by atoms with Crippen molar-refractivity contribution in [2.24, 2.45) is 0 Å². The van der Waals surface area contributed by atoms with Crippen molar-refractivity contribution in [3.63, 3.8) is 0 Å². The zero-order valence-corrected chi connectivity index (χ0v) is 17.3. The van der Waals surface area contributed by atoms with Gasteiger partial charge in [0.05, 0.1) is 0 Å². The molecule has 3 aromatic rings. The summed E-state index contributed by atoms with van der Waals surface area (Å²) >= 11 is 12.9. The predicted octanol–water partition coefficient (Wildman–Crippen LogP) is 5.03. The lowest BCUT2D eigenvalue weighted by atomic mass is 9.37. The zero-order chi connectivity index (χ0) is 18.7. The van der Waals surface area contributed by atoms with E-state index in [-0.39, 0.29) is 6.71 Å². The minimum Gasteiger partial charge on any atom is -0.0840 e. The van der Waals surface area contributed by atoms with Gasteiger partial charge in [-0.15, -0.1) is 0 Å². The van der Waals surface area contributed by atoms with Gasteiger partial charge in [0.25, 0.3) is 0 Å². The summed E-state index contributed by atoms with van der Waals surface area (Å²) in [5.74, 6) is 0. The van der Waals surface area contributed by atoms with E-state index in [9.17, 15) is 0 Å². The standard InChI is InChI=1S/C23H21BCl2/c1-12-6-15(4)23(16(5)7-12)24-19-8-13(2)21(25)10-17(19)18-11-22(26)14(3)9-20(18)24/h6-11H,1-5H3. The van der Waals surface area contributed by atoms with Gasteiger partial charge in [-0.2, -0.15) is 0 Å². The van der Waals surface area contributed by atoms with E-state index in [1.54, 1.807) is 0 Å². The lowest BCUT2D eigenvalue weighted by Gasteiger charge is -2.18. The van der Waals surface area contributed by atoms with Gasteiger partial charge in [0.2, 0.25) is 6.71 Å². The van der Waals surface area contributed by atoms with E-state index in [2.05, 4.69) is 71.0 Å². The molecule has 0 spiro atoms. The van der Waals surface area contributed by atoms with Crippen molar-refractivity contribution < 1.29 is 0 Å². The molecule has 1 aliphatic heterocycles. The van der Waals surface area contributed by atoms with Crippen LogP contribution in [0.2, 0.25) is 10.0 Å². The van der Waals surface area contributed by atoms with Crippen molar-refractivity contribution in [2.75, 3.05) is 0 Å². The Bertz CT molecular complexity index is 986. The largest absolute Gasteiger partial charge is 0.243 e. The Morgan fingerprint density at radius 3 is 1.42 bits per heavy atom. The first-order valence-electron chi connectivity index (χ1n) is 8.96. The van der Waals surface area contributed by atoms with Gasteiger partial charge < -0.3 is 0 Å². The highest BCUT2D eigenvalue weighted by Gasteiger charge is 2.36. The summed E-state index contributed by atoms with van der Waals surface area (Å²) in [6.07, 6.45) is 0. The van der Waals surface area contributed by atoms with Crippen molar-refractivity contribution in [1.82, 2.24) is 0 Å². The van der Waals surface area contributed by atoms with Gasteiger partial charge in [0, 0.05) is 10.0 Å². The Morgan fingerprint density at radius 2 is 1.00 bits per heavy atom. The lowest BCUT2D eigenvalue weighted by molar-refractivity contribution is 1.35. The summed E-state index contributed by atoms with van der Waals surface area (Å²) in [6, 6.07) is 13.3. The molecule has 0 atom stereocenters. The fourth-order valence-electron chi connectivity index (χ4n) is 4.48. The number of benzene rings is 3. The van der Waals surface area contributed by atoms with Crippen LogP contribution in [0, 0.1) is 34.6 Å².